The van der Waals surface area contributed by atoms with Crippen molar-refractivity contribution in [2.75, 3.05) is 0 Å². The van der Waals surface area contributed by atoms with Crippen LogP contribution in [-0.4, -0.2) is 6.04 Å². The lowest BCUT2D eigenvalue weighted by molar-refractivity contribution is 0.354. The summed E-state index contributed by atoms with van der Waals surface area (Å²) >= 11 is 0. The Morgan fingerprint density at radius 1 is 1.12 bits per heavy atom. The van der Waals surface area contributed by atoms with Gasteiger partial charge in [0.2, 0.25) is 0 Å². The van der Waals surface area contributed by atoms with Crippen LogP contribution in [-0.2, 0) is 0 Å². The Balaban J connectivity index is 2.09. The highest BCUT2D eigenvalue weighted by atomic mass is 19.1. The first-order chi connectivity index (χ1) is 8.08. The third kappa shape index (κ3) is 3.29. The highest BCUT2D eigenvalue weighted by Gasteiger charge is 2.33. The highest BCUT2D eigenvalue weighted by Crippen LogP contribution is 2.41. The Hall–Kier alpha value is -0.890. The van der Waals surface area contributed by atoms with Gasteiger partial charge in [-0.3, -0.25) is 0 Å². The van der Waals surface area contributed by atoms with E-state index in [1.807, 2.05) is 12.1 Å². The molecule has 0 aliphatic heterocycles. The molecule has 2 rings (SSSR count). The highest BCUT2D eigenvalue weighted by molar-refractivity contribution is 5.22. The average Bonchev–Trinajstić information content (AvgIpc) is 3.10. The summed E-state index contributed by atoms with van der Waals surface area (Å²) in [6.45, 7) is 6.68. The smallest absolute Gasteiger partial charge is 0.123 e. The summed E-state index contributed by atoms with van der Waals surface area (Å²) in [5.74, 6) is 1.21. The van der Waals surface area contributed by atoms with Gasteiger partial charge in [0.05, 0.1) is 0 Å². The van der Waals surface area contributed by atoms with E-state index in [1.165, 1.54) is 18.4 Å². The van der Waals surface area contributed by atoms with E-state index in [-0.39, 0.29) is 5.82 Å². The summed E-state index contributed by atoms with van der Waals surface area (Å²) < 4.78 is 12.9. The van der Waals surface area contributed by atoms with E-state index < -0.39 is 0 Å². The van der Waals surface area contributed by atoms with Gasteiger partial charge in [-0.05, 0) is 49.3 Å². The first-order valence-electron chi connectivity index (χ1n) is 6.59. The van der Waals surface area contributed by atoms with E-state index in [2.05, 4.69) is 26.1 Å². The molecule has 2 unspecified atom stereocenters. The van der Waals surface area contributed by atoms with Crippen LogP contribution in [0.3, 0.4) is 0 Å². The minimum atomic E-state index is -0.153. The quantitative estimate of drug-likeness (QED) is 0.816. The van der Waals surface area contributed by atoms with Gasteiger partial charge in [-0.25, -0.2) is 4.39 Å². The van der Waals surface area contributed by atoms with Gasteiger partial charge in [0.1, 0.15) is 5.82 Å². The van der Waals surface area contributed by atoms with Gasteiger partial charge < -0.3 is 5.32 Å². The van der Waals surface area contributed by atoms with Crippen molar-refractivity contribution in [3.63, 3.8) is 0 Å². The first kappa shape index (κ1) is 12.6. The number of halogens is 1. The second-order valence-corrected chi connectivity index (χ2v) is 5.57. The van der Waals surface area contributed by atoms with Crippen LogP contribution < -0.4 is 5.32 Å². The minimum Gasteiger partial charge on any atom is -0.307 e. The fraction of sp³-hybridized carbons (Fsp3) is 0.600. The Morgan fingerprint density at radius 3 is 2.18 bits per heavy atom. The normalized spacial score (nSPS) is 19.4. The summed E-state index contributed by atoms with van der Waals surface area (Å²) in [6.07, 6.45) is 2.58. The van der Waals surface area contributed by atoms with E-state index in [4.69, 9.17) is 0 Å². The van der Waals surface area contributed by atoms with Crippen LogP contribution in [0.4, 0.5) is 4.39 Å². The molecule has 17 heavy (non-hydrogen) atoms. The number of hydrogen-bond acceptors (Lipinski definition) is 1. The van der Waals surface area contributed by atoms with Crippen LogP contribution in [0, 0.1) is 17.7 Å². The van der Waals surface area contributed by atoms with Gasteiger partial charge in [0, 0.05) is 12.1 Å². The predicted octanol–water partition coefficient (Wildman–Crippen LogP) is 3.91. The van der Waals surface area contributed by atoms with Crippen molar-refractivity contribution in [1.29, 1.82) is 0 Å². The van der Waals surface area contributed by atoms with Crippen LogP contribution in [0.1, 0.15) is 45.2 Å². The summed E-state index contributed by atoms with van der Waals surface area (Å²) in [5, 5.41) is 3.69. The Morgan fingerprint density at radius 2 is 1.71 bits per heavy atom. The summed E-state index contributed by atoms with van der Waals surface area (Å²) in [4.78, 5) is 0. The molecule has 1 aromatic rings. The lowest BCUT2D eigenvalue weighted by atomic mass is 9.98. The molecule has 1 aromatic carbocycles. The predicted molar refractivity (Wildman–Crippen MR) is 69.3 cm³/mol. The number of benzene rings is 1. The van der Waals surface area contributed by atoms with Crippen molar-refractivity contribution in [3.05, 3.63) is 35.6 Å². The largest absolute Gasteiger partial charge is 0.307 e. The van der Waals surface area contributed by atoms with Crippen LogP contribution in [0.25, 0.3) is 0 Å². The molecule has 0 aromatic heterocycles. The molecule has 1 aliphatic rings. The molecule has 2 atom stereocenters. The topological polar surface area (TPSA) is 12.0 Å². The van der Waals surface area contributed by atoms with Crippen molar-refractivity contribution < 1.29 is 4.39 Å². The van der Waals surface area contributed by atoms with Gasteiger partial charge in [0.15, 0.2) is 0 Å². The third-order valence-electron chi connectivity index (χ3n) is 3.76. The molecule has 0 amide bonds. The molecule has 0 heterocycles. The van der Waals surface area contributed by atoms with Gasteiger partial charge in [0.25, 0.3) is 0 Å². The fourth-order valence-corrected chi connectivity index (χ4v) is 2.08. The maximum Gasteiger partial charge on any atom is 0.123 e. The lowest BCUT2D eigenvalue weighted by Gasteiger charge is -2.26. The van der Waals surface area contributed by atoms with Crippen molar-refractivity contribution >= 4 is 0 Å². The Labute approximate surface area is 103 Å². The van der Waals surface area contributed by atoms with Crippen molar-refractivity contribution in [2.45, 2.75) is 45.7 Å². The molecule has 1 N–H and O–H groups in total. The molecule has 1 fully saturated rings. The van der Waals surface area contributed by atoms with Crippen LogP contribution in [0.5, 0.6) is 0 Å². The number of hydrogen-bond donors (Lipinski definition) is 1. The zero-order chi connectivity index (χ0) is 12.4. The van der Waals surface area contributed by atoms with Crippen molar-refractivity contribution in [2.24, 2.45) is 11.8 Å². The Bertz CT molecular complexity index is 354. The van der Waals surface area contributed by atoms with Crippen LogP contribution in [0.2, 0.25) is 0 Å². The summed E-state index contributed by atoms with van der Waals surface area (Å²) in [7, 11) is 0. The zero-order valence-electron chi connectivity index (χ0n) is 10.9. The SMILES string of the molecule is CC(C)C(C)NC(c1ccc(F)cc1)C1CC1. The van der Waals surface area contributed by atoms with E-state index in [9.17, 15) is 4.39 Å². The molecule has 0 saturated heterocycles. The summed E-state index contributed by atoms with van der Waals surface area (Å²) in [6, 6.07) is 7.84. The first-order valence-corrected chi connectivity index (χ1v) is 6.59. The van der Waals surface area contributed by atoms with E-state index in [0.717, 1.165) is 5.92 Å². The standard InChI is InChI=1S/C15H22FN/c1-10(2)11(3)17-15(12-4-5-12)13-6-8-14(16)9-7-13/h6-12,15,17H,4-5H2,1-3H3. The molecule has 94 valence electrons. The number of rotatable bonds is 5. The molecule has 2 heteroatoms. The lowest BCUT2D eigenvalue weighted by Crippen LogP contribution is -2.35. The van der Waals surface area contributed by atoms with Gasteiger partial charge in [-0.15, -0.1) is 0 Å². The average molecular weight is 235 g/mol. The van der Waals surface area contributed by atoms with Crippen LogP contribution >= 0.6 is 0 Å². The third-order valence-corrected chi connectivity index (χ3v) is 3.76. The van der Waals surface area contributed by atoms with Gasteiger partial charge >= 0.3 is 0 Å². The zero-order valence-corrected chi connectivity index (χ0v) is 10.9. The molecule has 1 aliphatic carbocycles. The molecule has 0 bridgehead atoms. The van der Waals surface area contributed by atoms with Crippen molar-refractivity contribution in [1.82, 2.24) is 5.32 Å². The van der Waals surface area contributed by atoms with Crippen LogP contribution in [0.15, 0.2) is 24.3 Å². The van der Waals surface area contributed by atoms with E-state index in [1.54, 1.807) is 12.1 Å². The maximum atomic E-state index is 12.9. The van der Waals surface area contributed by atoms with Gasteiger partial charge in [-0.1, -0.05) is 26.0 Å². The van der Waals surface area contributed by atoms with E-state index >= 15 is 0 Å². The second kappa shape index (κ2) is 5.18. The fourth-order valence-electron chi connectivity index (χ4n) is 2.08. The number of nitrogens with one attached hydrogen (secondary N) is 1. The molecule has 1 saturated carbocycles. The molecular weight excluding hydrogens is 213 g/mol. The van der Waals surface area contributed by atoms with Crippen molar-refractivity contribution in [3.8, 4) is 0 Å². The monoisotopic (exact) mass is 235 g/mol. The maximum absolute atomic E-state index is 12.9. The second-order valence-electron chi connectivity index (χ2n) is 5.57. The minimum absolute atomic E-state index is 0.153. The van der Waals surface area contributed by atoms with Gasteiger partial charge in [-0.2, -0.15) is 0 Å². The summed E-state index contributed by atoms with van der Waals surface area (Å²) in [5.41, 5.74) is 1.22. The molecule has 0 radical (unpaired) electrons. The Kier molecular flexibility index (Phi) is 3.82. The molecular formula is C15H22FN. The molecule has 1 nitrogen and oxygen atoms in total. The molecule has 0 spiro atoms. The van der Waals surface area contributed by atoms with E-state index in [0.29, 0.717) is 18.0 Å².